The van der Waals surface area contributed by atoms with Crippen molar-refractivity contribution >= 4 is 21.4 Å². The Bertz CT molecular complexity index is 559. The summed E-state index contributed by atoms with van der Waals surface area (Å²) in [5.74, 6) is 0. The van der Waals surface area contributed by atoms with E-state index in [9.17, 15) is 8.42 Å². The van der Waals surface area contributed by atoms with Crippen molar-refractivity contribution in [3.05, 3.63) is 18.2 Å². The highest BCUT2D eigenvalue weighted by atomic mass is 32.2. The molecule has 1 aromatic rings. The molecule has 0 bridgehead atoms. The Morgan fingerprint density at radius 3 is 2.63 bits per heavy atom. The third kappa shape index (κ3) is 3.59. The lowest BCUT2D eigenvalue weighted by Gasteiger charge is -2.15. The lowest BCUT2D eigenvalue weighted by molar-refractivity contribution is 0.108. The van der Waals surface area contributed by atoms with Gasteiger partial charge in [0.15, 0.2) is 0 Å². The predicted molar refractivity (Wildman–Crippen MR) is 74.3 cm³/mol. The number of ether oxygens (including phenoxy) is 1. The summed E-state index contributed by atoms with van der Waals surface area (Å²) in [4.78, 5) is 0.0243. The van der Waals surface area contributed by atoms with Crippen LogP contribution in [0.2, 0.25) is 0 Å². The number of nitrogens with one attached hydrogen (secondary N) is 1. The molecule has 1 aromatic carbocycles. The van der Waals surface area contributed by atoms with Gasteiger partial charge >= 0.3 is 0 Å². The van der Waals surface area contributed by atoms with E-state index < -0.39 is 10.0 Å². The molecule has 7 heteroatoms. The Balaban J connectivity index is 2.15. The number of nitrogen functional groups attached to an aromatic ring is 1. The summed E-state index contributed by atoms with van der Waals surface area (Å²) in [7, 11) is -2.04. The molecule has 0 radical (unpaired) electrons. The van der Waals surface area contributed by atoms with Crippen LogP contribution >= 0.6 is 0 Å². The molecule has 0 saturated heterocycles. The van der Waals surface area contributed by atoms with Gasteiger partial charge in [-0.3, -0.25) is 0 Å². The summed E-state index contributed by atoms with van der Waals surface area (Å²) in [5.41, 5.74) is 6.74. The Morgan fingerprint density at radius 1 is 1.32 bits per heavy atom. The standard InChI is InChI=1S/C12H19N3O3S/c1-18-11-3-2-9(6-11)15-10-4-8(13)5-12(7-10)19(14,16)17/h4-5,7,9,11,15H,2-3,6,13H2,1H3,(H2,14,16,17). The first kappa shape index (κ1) is 14.1. The van der Waals surface area contributed by atoms with Gasteiger partial charge in [-0.05, 0) is 37.5 Å². The molecule has 106 valence electrons. The Labute approximate surface area is 113 Å². The van der Waals surface area contributed by atoms with Gasteiger partial charge in [-0.2, -0.15) is 0 Å². The van der Waals surface area contributed by atoms with Crippen LogP contribution in [0.4, 0.5) is 11.4 Å². The van der Waals surface area contributed by atoms with Gasteiger partial charge in [0.1, 0.15) is 0 Å². The van der Waals surface area contributed by atoms with Crippen LogP contribution in [0.3, 0.4) is 0 Å². The van der Waals surface area contributed by atoms with Crippen molar-refractivity contribution in [2.75, 3.05) is 18.2 Å². The molecule has 2 rings (SSSR count). The van der Waals surface area contributed by atoms with Crippen molar-refractivity contribution in [3.63, 3.8) is 0 Å². The van der Waals surface area contributed by atoms with Crippen LogP contribution in [0.5, 0.6) is 0 Å². The molecular weight excluding hydrogens is 266 g/mol. The average molecular weight is 285 g/mol. The number of anilines is 2. The minimum atomic E-state index is -3.74. The Hall–Kier alpha value is -1.31. The molecule has 1 saturated carbocycles. The van der Waals surface area contributed by atoms with E-state index in [1.807, 2.05) is 0 Å². The third-order valence-corrected chi connectivity index (χ3v) is 4.24. The average Bonchev–Trinajstić information content (AvgIpc) is 2.75. The van der Waals surface area contributed by atoms with E-state index in [0.717, 1.165) is 19.3 Å². The van der Waals surface area contributed by atoms with E-state index in [-0.39, 0.29) is 17.0 Å². The van der Waals surface area contributed by atoms with E-state index in [1.54, 1.807) is 13.2 Å². The largest absolute Gasteiger partial charge is 0.399 e. The number of benzene rings is 1. The zero-order valence-electron chi connectivity index (χ0n) is 10.8. The topological polar surface area (TPSA) is 107 Å². The summed E-state index contributed by atoms with van der Waals surface area (Å²) in [6.45, 7) is 0. The zero-order valence-corrected chi connectivity index (χ0v) is 11.6. The SMILES string of the molecule is COC1CCC(Nc2cc(N)cc(S(N)(=O)=O)c2)C1. The molecule has 5 N–H and O–H groups in total. The molecule has 0 aliphatic heterocycles. The fraction of sp³-hybridized carbons (Fsp3) is 0.500. The molecule has 2 unspecified atom stereocenters. The minimum absolute atomic E-state index is 0.0243. The number of nitrogens with two attached hydrogens (primary N) is 2. The highest BCUT2D eigenvalue weighted by molar-refractivity contribution is 7.89. The molecular formula is C12H19N3O3S. The number of primary sulfonamides is 1. The summed E-state index contributed by atoms with van der Waals surface area (Å²) in [6, 6.07) is 4.83. The fourth-order valence-corrected chi connectivity index (χ4v) is 2.98. The molecule has 19 heavy (non-hydrogen) atoms. The molecule has 6 nitrogen and oxygen atoms in total. The Morgan fingerprint density at radius 2 is 2.05 bits per heavy atom. The maximum atomic E-state index is 11.3. The van der Waals surface area contributed by atoms with Crippen LogP contribution in [0, 0.1) is 0 Å². The number of methoxy groups -OCH3 is 1. The van der Waals surface area contributed by atoms with Crippen molar-refractivity contribution in [2.45, 2.75) is 36.3 Å². The van der Waals surface area contributed by atoms with Crippen molar-refractivity contribution in [2.24, 2.45) is 5.14 Å². The van der Waals surface area contributed by atoms with Gasteiger partial charge in [0.2, 0.25) is 10.0 Å². The second-order valence-electron chi connectivity index (χ2n) is 4.85. The van der Waals surface area contributed by atoms with Gasteiger partial charge in [0.25, 0.3) is 0 Å². The zero-order chi connectivity index (χ0) is 14.0. The van der Waals surface area contributed by atoms with E-state index in [1.165, 1.54) is 12.1 Å². The second-order valence-corrected chi connectivity index (χ2v) is 6.41. The van der Waals surface area contributed by atoms with E-state index in [4.69, 9.17) is 15.6 Å². The first-order chi connectivity index (χ1) is 8.88. The molecule has 1 fully saturated rings. The lowest BCUT2D eigenvalue weighted by atomic mass is 10.2. The van der Waals surface area contributed by atoms with Crippen LogP contribution in [0.25, 0.3) is 0 Å². The van der Waals surface area contributed by atoms with Crippen LogP contribution < -0.4 is 16.2 Å². The highest BCUT2D eigenvalue weighted by Gasteiger charge is 2.24. The van der Waals surface area contributed by atoms with E-state index in [0.29, 0.717) is 11.4 Å². The highest BCUT2D eigenvalue weighted by Crippen LogP contribution is 2.27. The number of hydrogen-bond acceptors (Lipinski definition) is 5. The number of hydrogen-bond donors (Lipinski definition) is 3. The van der Waals surface area contributed by atoms with E-state index >= 15 is 0 Å². The molecule has 1 aliphatic rings. The van der Waals surface area contributed by atoms with Crippen molar-refractivity contribution in [1.29, 1.82) is 0 Å². The summed E-state index contributed by atoms with van der Waals surface area (Å²) in [6.07, 6.45) is 3.14. The molecule has 0 spiro atoms. The van der Waals surface area contributed by atoms with E-state index in [2.05, 4.69) is 5.32 Å². The fourth-order valence-electron chi connectivity index (χ4n) is 2.39. The van der Waals surface area contributed by atoms with Crippen LogP contribution in [0.15, 0.2) is 23.1 Å². The van der Waals surface area contributed by atoms with Gasteiger partial charge in [-0.15, -0.1) is 0 Å². The van der Waals surface area contributed by atoms with Gasteiger partial charge < -0.3 is 15.8 Å². The van der Waals surface area contributed by atoms with Gasteiger partial charge in [-0.25, -0.2) is 13.6 Å². The number of rotatable bonds is 4. The summed E-state index contributed by atoms with van der Waals surface area (Å²) in [5, 5.41) is 8.39. The Kier molecular flexibility index (Phi) is 3.98. The smallest absolute Gasteiger partial charge is 0.238 e. The van der Waals surface area contributed by atoms with Crippen LogP contribution in [-0.2, 0) is 14.8 Å². The molecule has 0 amide bonds. The van der Waals surface area contributed by atoms with Gasteiger partial charge in [0.05, 0.1) is 11.0 Å². The first-order valence-electron chi connectivity index (χ1n) is 6.11. The summed E-state index contributed by atoms with van der Waals surface area (Å²) < 4.78 is 28.0. The van der Waals surface area contributed by atoms with Crippen LogP contribution in [0.1, 0.15) is 19.3 Å². The van der Waals surface area contributed by atoms with Gasteiger partial charge in [-0.1, -0.05) is 0 Å². The number of sulfonamides is 1. The second kappa shape index (κ2) is 5.36. The van der Waals surface area contributed by atoms with Crippen LogP contribution in [-0.4, -0.2) is 27.7 Å². The maximum Gasteiger partial charge on any atom is 0.238 e. The minimum Gasteiger partial charge on any atom is -0.399 e. The summed E-state index contributed by atoms with van der Waals surface area (Å²) >= 11 is 0. The first-order valence-corrected chi connectivity index (χ1v) is 7.66. The van der Waals surface area contributed by atoms with Crippen molar-refractivity contribution in [3.8, 4) is 0 Å². The predicted octanol–water partition coefficient (Wildman–Crippen LogP) is 0.896. The molecule has 0 heterocycles. The monoisotopic (exact) mass is 285 g/mol. The van der Waals surface area contributed by atoms with Crippen molar-refractivity contribution < 1.29 is 13.2 Å². The quantitative estimate of drug-likeness (QED) is 0.712. The molecule has 1 aliphatic carbocycles. The molecule has 2 atom stereocenters. The lowest BCUT2D eigenvalue weighted by Crippen LogP contribution is -2.18. The molecule has 0 aromatic heterocycles. The van der Waals surface area contributed by atoms with Gasteiger partial charge in [0, 0.05) is 24.5 Å². The normalized spacial score (nSPS) is 23.5. The van der Waals surface area contributed by atoms with Crippen molar-refractivity contribution in [1.82, 2.24) is 0 Å². The maximum absolute atomic E-state index is 11.3. The third-order valence-electron chi connectivity index (χ3n) is 3.35.